The molecule has 0 aliphatic heterocycles. The van der Waals surface area contributed by atoms with E-state index in [0.29, 0.717) is 15.2 Å². The summed E-state index contributed by atoms with van der Waals surface area (Å²) in [4.78, 5) is 16.6. The van der Waals surface area contributed by atoms with Crippen molar-refractivity contribution in [1.29, 1.82) is 0 Å². The molecule has 1 aromatic heterocycles. The van der Waals surface area contributed by atoms with Crippen LogP contribution in [-0.4, -0.2) is 10.9 Å². The van der Waals surface area contributed by atoms with Crippen LogP contribution < -0.4 is 5.32 Å². The zero-order chi connectivity index (χ0) is 17.3. The smallest absolute Gasteiger partial charge is 0.250 e. The summed E-state index contributed by atoms with van der Waals surface area (Å²) >= 11 is 13.4. The molecule has 3 nitrogen and oxygen atoms in total. The number of rotatable bonds is 3. The molecule has 122 valence electrons. The number of hydrogen-bond donors (Lipinski definition) is 1. The number of benzene rings is 2. The van der Waals surface area contributed by atoms with Gasteiger partial charge in [0.15, 0.2) is 5.13 Å². The molecule has 1 heterocycles. The van der Waals surface area contributed by atoms with Gasteiger partial charge in [0.25, 0.3) is 0 Å². The van der Waals surface area contributed by atoms with E-state index in [0.717, 1.165) is 26.9 Å². The minimum absolute atomic E-state index is 0.254. The lowest BCUT2D eigenvalue weighted by Crippen LogP contribution is -2.07. The topological polar surface area (TPSA) is 42.0 Å². The van der Waals surface area contributed by atoms with Crippen molar-refractivity contribution in [1.82, 2.24) is 4.98 Å². The number of thiazole rings is 1. The van der Waals surface area contributed by atoms with Gasteiger partial charge in [-0.25, -0.2) is 4.98 Å². The highest BCUT2D eigenvalue weighted by Crippen LogP contribution is 2.30. The van der Waals surface area contributed by atoms with E-state index in [1.807, 2.05) is 19.9 Å². The van der Waals surface area contributed by atoms with Crippen molar-refractivity contribution in [3.63, 3.8) is 0 Å². The van der Waals surface area contributed by atoms with Crippen molar-refractivity contribution >= 4 is 61.9 Å². The van der Waals surface area contributed by atoms with E-state index in [1.165, 1.54) is 17.4 Å². The third-order valence-corrected chi connectivity index (χ3v) is 5.22. The summed E-state index contributed by atoms with van der Waals surface area (Å²) in [6.45, 7) is 4.05. The van der Waals surface area contributed by atoms with Crippen LogP contribution in [0.2, 0.25) is 10.0 Å². The molecule has 0 fully saturated rings. The Balaban J connectivity index is 1.78. The van der Waals surface area contributed by atoms with E-state index < -0.39 is 0 Å². The lowest BCUT2D eigenvalue weighted by Gasteiger charge is -1.99. The molecular weight excluding hydrogens is 363 g/mol. The Hall–Kier alpha value is -1.88. The number of halogens is 2. The first kappa shape index (κ1) is 17.0. The van der Waals surface area contributed by atoms with Gasteiger partial charge in [-0.1, -0.05) is 52.7 Å². The molecule has 0 radical (unpaired) electrons. The number of anilines is 1. The van der Waals surface area contributed by atoms with E-state index in [2.05, 4.69) is 16.4 Å². The van der Waals surface area contributed by atoms with Crippen LogP contribution in [0.1, 0.15) is 16.7 Å². The van der Waals surface area contributed by atoms with E-state index in [-0.39, 0.29) is 5.91 Å². The van der Waals surface area contributed by atoms with Gasteiger partial charge >= 0.3 is 0 Å². The summed E-state index contributed by atoms with van der Waals surface area (Å²) in [5.74, 6) is -0.254. The Morgan fingerprint density at radius 1 is 1.17 bits per heavy atom. The molecule has 0 aliphatic carbocycles. The molecule has 1 amide bonds. The summed E-state index contributed by atoms with van der Waals surface area (Å²) < 4.78 is 1.09. The maximum absolute atomic E-state index is 12.1. The minimum Gasteiger partial charge on any atom is -0.298 e. The highest BCUT2D eigenvalue weighted by Gasteiger charge is 2.10. The first-order chi connectivity index (χ1) is 11.4. The molecule has 0 bridgehead atoms. The van der Waals surface area contributed by atoms with Crippen molar-refractivity contribution in [2.45, 2.75) is 13.8 Å². The van der Waals surface area contributed by atoms with Gasteiger partial charge in [-0.15, -0.1) is 0 Å². The molecule has 1 N–H and O–H groups in total. The molecule has 3 aromatic rings. The average molecular weight is 377 g/mol. The Bertz CT molecular complexity index is 924. The minimum atomic E-state index is -0.254. The molecule has 0 unspecified atom stereocenters. The standard InChI is InChI=1S/C18H14Cl2N2OS/c1-10-3-4-11(2)17-16(10)22-18(24-17)21-15(23)8-6-12-5-7-13(19)9-14(12)20/h3-9H,1-2H3,(H,21,22,23)/b8-6+. The first-order valence-electron chi connectivity index (χ1n) is 7.25. The van der Waals surface area contributed by atoms with Crippen molar-refractivity contribution in [3.05, 3.63) is 63.1 Å². The highest BCUT2D eigenvalue weighted by atomic mass is 35.5. The van der Waals surface area contributed by atoms with E-state index in [9.17, 15) is 4.79 Å². The molecule has 0 atom stereocenters. The second-order valence-electron chi connectivity index (χ2n) is 5.38. The van der Waals surface area contributed by atoms with E-state index >= 15 is 0 Å². The number of amides is 1. The van der Waals surface area contributed by atoms with Crippen molar-refractivity contribution < 1.29 is 4.79 Å². The van der Waals surface area contributed by atoms with Gasteiger partial charge in [0.1, 0.15) is 0 Å². The normalized spacial score (nSPS) is 11.3. The SMILES string of the molecule is Cc1ccc(C)c2sc(NC(=O)/C=C/c3ccc(Cl)cc3Cl)nc12. The number of fused-ring (bicyclic) bond motifs is 1. The molecule has 0 saturated carbocycles. The van der Waals surface area contributed by atoms with Crippen LogP contribution in [0.4, 0.5) is 5.13 Å². The van der Waals surface area contributed by atoms with Gasteiger partial charge in [0.05, 0.1) is 10.2 Å². The average Bonchev–Trinajstić information content (AvgIpc) is 2.95. The number of nitrogens with one attached hydrogen (secondary N) is 1. The van der Waals surface area contributed by atoms with Crippen molar-refractivity contribution in [3.8, 4) is 0 Å². The summed E-state index contributed by atoms with van der Waals surface area (Å²) in [6.07, 6.45) is 3.08. The molecule has 6 heteroatoms. The Kier molecular flexibility index (Phi) is 4.90. The number of nitrogens with zero attached hydrogens (tertiary/aromatic N) is 1. The molecule has 0 saturated heterocycles. The van der Waals surface area contributed by atoms with Crippen molar-refractivity contribution in [2.24, 2.45) is 0 Å². The quantitative estimate of drug-likeness (QED) is 0.580. The number of aromatic nitrogens is 1. The third-order valence-electron chi connectivity index (χ3n) is 3.55. The maximum atomic E-state index is 12.1. The number of aryl methyl sites for hydroxylation is 2. The summed E-state index contributed by atoms with van der Waals surface area (Å²) in [5, 5.41) is 4.44. The lowest BCUT2D eigenvalue weighted by atomic mass is 10.1. The Morgan fingerprint density at radius 2 is 1.92 bits per heavy atom. The van der Waals surface area contributed by atoms with Crippen molar-refractivity contribution in [2.75, 3.05) is 5.32 Å². The van der Waals surface area contributed by atoms with Crippen LogP contribution in [0.15, 0.2) is 36.4 Å². The van der Waals surface area contributed by atoms with Gasteiger partial charge in [-0.05, 0) is 48.7 Å². The molecular formula is C18H14Cl2N2OS. The van der Waals surface area contributed by atoms with Gasteiger partial charge in [0, 0.05) is 16.1 Å². The lowest BCUT2D eigenvalue weighted by molar-refractivity contribution is -0.111. The number of carbonyl (C=O) groups excluding carboxylic acids is 1. The maximum Gasteiger partial charge on any atom is 0.250 e. The molecule has 2 aromatic carbocycles. The fraction of sp³-hybridized carbons (Fsp3) is 0.111. The molecule has 0 spiro atoms. The fourth-order valence-corrected chi connectivity index (χ4v) is 3.75. The molecule has 24 heavy (non-hydrogen) atoms. The first-order valence-corrected chi connectivity index (χ1v) is 8.82. The zero-order valence-corrected chi connectivity index (χ0v) is 15.4. The van der Waals surface area contributed by atoms with Crippen LogP contribution in [0.3, 0.4) is 0 Å². The monoisotopic (exact) mass is 376 g/mol. The van der Waals surface area contributed by atoms with Crippen LogP contribution in [0.5, 0.6) is 0 Å². The van der Waals surface area contributed by atoms with Crippen LogP contribution in [0.25, 0.3) is 16.3 Å². The highest BCUT2D eigenvalue weighted by molar-refractivity contribution is 7.22. The predicted octanol–water partition coefficient (Wildman–Crippen LogP) is 5.87. The predicted molar refractivity (Wildman–Crippen MR) is 103 cm³/mol. The molecule has 3 rings (SSSR count). The fourth-order valence-electron chi connectivity index (χ4n) is 2.26. The van der Waals surface area contributed by atoms with Gasteiger partial charge < -0.3 is 0 Å². The number of hydrogen-bond acceptors (Lipinski definition) is 3. The van der Waals surface area contributed by atoms with E-state index in [1.54, 1.807) is 24.3 Å². The Morgan fingerprint density at radius 3 is 2.62 bits per heavy atom. The summed E-state index contributed by atoms with van der Waals surface area (Å²) in [5.41, 5.74) is 3.90. The zero-order valence-electron chi connectivity index (χ0n) is 13.1. The second-order valence-corrected chi connectivity index (χ2v) is 7.23. The van der Waals surface area contributed by atoms with Crippen LogP contribution in [0, 0.1) is 13.8 Å². The largest absolute Gasteiger partial charge is 0.298 e. The van der Waals surface area contributed by atoms with Gasteiger partial charge in [-0.3, -0.25) is 10.1 Å². The number of carbonyl (C=O) groups is 1. The van der Waals surface area contributed by atoms with Gasteiger partial charge in [0.2, 0.25) is 5.91 Å². The summed E-state index contributed by atoms with van der Waals surface area (Å²) in [7, 11) is 0. The third kappa shape index (κ3) is 3.61. The van der Waals surface area contributed by atoms with Crippen LogP contribution >= 0.6 is 34.5 Å². The van der Waals surface area contributed by atoms with Gasteiger partial charge in [-0.2, -0.15) is 0 Å². The Labute approximate surface area is 153 Å². The van der Waals surface area contributed by atoms with E-state index in [4.69, 9.17) is 23.2 Å². The van der Waals surface area contributed by atoms with Crippen LogP contribution in [-0.2, 0) is 4.79 Å². The molecule has 0 aliphatic rings. The summed E-state index contributed by atoms with van der Waals surface area (Å²) in [6, 6.07) is 9.22. The second kappa shape index (κ2) is 6.93.